The standard InChI is InChI=1S/C80H157N2O6P/c1-6-8-10-12-14-16-18-20-22-24-26-28-30-32-34-36-38-40-41-42-44-46-48-50-52-54-56-58-60-62-64-66-68-70-72-74-80(84)81-78(77-88-89(85,86)87-76-75-82(3,4)5)79(83)73-71-69-67-65-63-61-59-57-55-53-51-49-47-45-43-39-37-35-33-31-29-27-25-23-21-19-17-15-13-11-9-7-2/h18,20,24,26,30,32,78-79,83H,6-17,19,21-23,25,27-29,31,33-77H2,1-5H3,(H-,81,84,85,86)/p+1/b20-18-,26-24-,32-30-. The fraction of sp³-hybridized carbons (Fsp3) is 0.912. The van der Waals surface area contributed by atoms with E-state index in [2.05, 4.69) is 55.6 Å². The van der Waals surface area contributed by atoms with E-state index in [1.54, 1.807) is 0 Å². The number of rotatable bonds is 75. The fourth-order valence-electron chi connectivity index (χ4n) is 12.5. The van der Waals surface area contributed by atoms with Gasteiger partial charge in [0.1, 0.15) is 13.2 Å². The van der Waals surface area contributed by atoms with E-state index < -0.39 is 20.0 Å². The van der Waals surface area contributed by atoms with Crippen molar-refractivity contribution in [3.05, 3.63) is 36.5 Å². The van der Waals surface area contributed by atoms with E-state index in [1.807, 2.05) is 21.1 Å². The molecule has 0 rings (SSSR count). The first-order valence-electron chi connectivity index (χ1n) is 39.9. The molecule has 0 aromatic rings. The summed E-state index contributed by atoms with van der Waals surface area (Å²) in [6.45, 7) is 4.94. The average molecular weight is 1280 g/mol. The van der Waals surface area contributed by atoms with Gasteiger partial charge in [0.05, 0.1) is 39.9 Å². The summed E-state index contributed by atoms with van der Waals surface area (Å²) < 4.78 is 24.0. The molecule has 0 aliphatic rings. The molecule has 528 valence electrons. The number of allylic oxidation sites excluding steroid dienone is 6. The number of carbonyl (C=O) groups is 1. The lowest BCUT2D eigenvalue weighted by Crippen LogP contribution is -2.46. The Morgan fingerprint density at radius 2 is 0.640 bits per heavy atom. The first-order valence-corrected chi connectivity index (χ1v) is 41.3. The molecule has 1 amide bonds. The Hall–Kier alpha value is -1.28. The number of carbonyl (C=O) groups excluding carboxylic acids is 1. The Bertz CT molecular complexity index is 1550. The SMILES string of the molecule is CCCCCCC/C=C\C/C=C\C/C=C\CCCCCCCCCCCCCCCCCCCCCCC(=O)NC(COP(=O)(O)OCC[N+](C)(C)C)C(O)CCCCCCCCCCCCCCCCCCCCCCCCCCCCCCCCCC. The lowest BCUT2D eigenvalue weighted by molar-refractivity contribution is -0.870. The van der Waals surface area contributed by atoms with Crippen LogP contribution in [0, 0.1) is 0 Å². The number of likely N-dealkylation sites (N-methyl/N-ethyl adjacent to an activating group) is 1. The van der Waals surface area contributed by atoms with E-state index in [0.29, 0.717) is 23.9 Å². The Morgan fingerprint density at radius 3 is 0.933 bits per heavy atom. The predicted molar refractivity (Wildman–Crippen MR) is 392 cm³/mol. The van der Waals surface area contributed by atoms with Gasteiger partial charge >= 0.3 is 7.82 Å². The van der Waals surface area contributed by atoms with Gasteiger partial charge in [0, 0.05) is 6.42 Å². The smallest absolute Gasteiger partial charge is 0.391 e. The number of aliphatic hydroxyl groups excluding tert-OH is 1. The minimum Gasteiger partial charge on any atom is -0.391 e. The molecular formula is C80H158N2O6P+. The second-order valence-corrected chi connectivity index (χ2v) is 30.3. The number of phosphoric ester groups is 1. The van der Waals surface area contributed by atoms with Crippen molar-refractivity contribution in [2.45, 2.75) is 431 Å². The van der Waals surface area contributed by atoms with Crippen molar-refractivity contribution in [3.8, 4) is 0 Å². The highest BCUT2D eigenvalue weighted by atomic mass is 31.2. The zero-order chi connectivity index (χ0) is 64.8. The number of aliphatic hydroxyl groups is 1. The average Bonchev–Trinajstić information content (AvgIpc) is 3.64. The third-order valence-corrected chi connectivity index (χ3v) is 19.6. The van der Waals surface area contributed by atoms with Crippen LogP contribution in [-0.2, 0) is 18.4 Å². The Labute approximate surface area is 557 Å². The quantitative estimate of drug-likeness (QED) is 0.0243. The third-order valence-electron chi connectivity index (χ3n) is 18.6. The van der Waals surface area contributed by atoms with Gasteiger partial charge in [0.25, 0.3) is 0 Å². The molecule has 0 saturated carbocycles. The summed E-state index contributed by atoms with van der Waals surface area (Å²) in [6, 6.07) is -0.761. The minimum absolute atomic E-state index is 0.0771. The van der Waals surface area contributed by atoms with E-state index in [9.17, 15) is 19.4 Å². The van der Waals surface area contributed by atoms with Crippen LogP contribution in [0.1, 0.15) is 418 Å². The number of hydrogen-bond acceptors (Lipinski definition) is 5. The molecule has 0 spiro atoms. The molecule has 89 heavy (non-hydrogen) atoms. The number of amides is 1. The molecular weight excluding hydrogens is 1120 g/mol. The van der Waals surface area contributed by atoms with Gasteiger partial charge in [-0.3, -0.25) is 13.8 Å². The molecule has 0 aliphatic heterocycles. The molecule has 9 heteroatoms. The largest absolute Gasteiger partial charge is 0.472 e. The topological polar surface area (TPSA) is 105 Å². The Morgan fingerprint density at radius 1 is 0.382 bits per heavy atom. The summed E-state index contributed by atoms with van der Waals surface area (Å²) in [7, 11) is 1.64. The lowest BCUT2D eigenvalue weighted by atomic mass is 10.0. The molecule has 3 unspecified atom stereocenters. The van der Waals surface area contributed by atoms with E-state index >= 15 is 0 Å². The van der Waals surface area contributed by atoms with Crippen molar-refractivity contribution >= 4 is 13.7 Å². The van der Waals surface area contributed by atoms with Gasteiger partial charge in [0.15, 0.2) is 0 Å². The first kappa shape index (κ1) is 87.7. The van der Waals surface area contributed by atoms with Crippen LogP contribution in [0.25, 0.3) is 0 Å². The maximum absolute atomic E-state index is 13.1. The van der Waals surface area contributed by atoms with Gasteiger partial charge in [-0.25, -0.2) is 4.57 Å². The van der Waals surface area contributed by atoms with E-state index in [-0.39, 0.29) is 19.1 Å². The second-order valence-electron chi connectivity index (χ2n) is 28.8. The summed E-state index contributed by atoms with van der Waals surface area (Å²) >= 11 is 0. The van der Waals surface area contributed by atoms with Crippen LogP contribution in [0.2, 0.25) is 0 Å². The zero-order valence-electron chi connectivity index (χ0n) is 60.7. The second kappa shape index (κ2) is 71.0. The van der Waals surface area contributed by atoms with E-state index in [0.717, 1.165) is 51.4 Å². The molecule has 0 heterocycles. The summed E-state index contributed by atoms with van der Waals surface area (Å²) in [4.78, 5) is 23.5. The monoisotopic (exact) mass is 1270 g/mol. The molecule has 0 fully saturated rings. The van der Waals surface area contributed by atoms with E-state index in [4.69, 9.17) is 9.05 Å². The Kier molecular flexibility index (Phi) is 70.0. The molecule has 3 atom stereocenters. The van der Waals surface area contributed by atoms with Crippen LogP contribution in [0.5, 0.6) is 0 Å². The molecule has 0 bridgehead atoms. The lowest BCUT2D eigenvalue weighted by Gasteiger charge is -2.26. The molecule has 0 aromatic heterocycles. The highest BCUT2D eigenvalue weighted by molar-refractivity contribution is 7.47. The minimum atomic E-state index is -4.33. The number of unbranched alkanes of at least 4 members (excludes halogenated alkanes) is 56. The number of quaternary nitrogens is 1. The van der Waals surface area contributed by atoms with Crippen LogP contribution < -0.4 is 5.32 Å². The zero-order valence-corrected chi connectivity index (χ0v) is 61.6. The molecule has 0 aromatic carbocycles. The molecule has 8 nitrogen and oxygen atoms in total. The van der Waals surface area contributed by atoms with Crippen molar-refractivity contribution in [1.82, 2.24) is 5.32 Å². The molecule has 0 aliphatic carbocycles. The fourth-order valence-corrected chi connectivity index (χ4v) is 13.2. The summed E-state index contributed by atoms with van der Waals surface area (Å²) in [6.07, 6.45) is 95.8. The summed E-state index contributed by atoms with van der Waals surface area (Å²) in [5, 5.41) is 14.2. The van der Waals surface area contributed by atoms with Crippen molar-refractivity contribution in [2.75, 3.05) is 40.9 Å². The maximum Gasteiger partial charge on any atom is 0.472 e. The normalized spacial score (nSPS) is 13.7. The highest BCUT2D eigenvalue weighted by Gasteiger charge is 2.28. The van der Waals surface area contributed by atoms with Crippen LogP contribution in [0.4, 0.5) is 0 Å². The predicted octanol–water partition coefficient (Wildman–Crippen LogP) is 26.0. The number of nitrogens with zero attached hydrogens (tertiary/aromatic N) is 1. The van der Waals surface area contributed by atoms with Crippen LogP contribution in [0.3, 0.4) is 0 Å². The first-order chi connectivity index (χ1) is 43.5. The number of phosphoric acid groups is 1. The van der Waals surface area contributed by atoms with Crippen LogP contribution in [-0.4, -0.2) is 73.4 Å². The van der Waals surface area contributed by atoms with Gasteiger partial charge in [-0.1, -0.05) is 397 Å². The summed E-state index contributed by atoms with van der Waals surface area (Å²) in [5.74, 6) is -0.135. The van der Waals surface area contributed by atoms with Gasteiger partial charge in [0.2, 0.25) is 5.91 Å². The van der Waals surface area contributed by atoms with Gasteiger partial charge in [-0.2, -0.15) is 0 Å². The molecule has 0 radical (unpaired) electrons. The van der Waals surface area contributed by atoms with Gasteiger partial charge in [-0.05, 0) is 51.4 Å². The van der Waals surface area contributed by atoms with Crippen molar-refractivity contribution in [3.63, 3.8) is 0 Å². The highest BCUT2D eigenvalue weighted by Crippen LogP contribution is 2.43. The number of hydrogen-bond donors (Lipinski definition) is 3. The molecule has 0 saturated heterocycles. The van der Waals surface area contributed by atoms with Crippen LogP contribution >= 0.6 is 7.82 Å². The molecule has 3 N–H and O–H groups in total. The summed E-state index contributed by atoms with van der Waals surface area (Å²) in [5.41, 5.74) is 0. The van der Waals surface area contributed by atoms with Crippen LogP contribution in [0.15, 0.2) is 36.5 Å². The third kappa shape index (κ3) is 74.0. The van der Waals surface area contributed by atoms with Crippen molar-refractivity contribution < 1.29 is 32.9 Å². The Balaban J connectivity index is 3.93. The van der Waals surface area contributed by atoms with Gasteiger partial charge < -0.3 is 19.8 Å². The van der Waals surface area contributed by atoms with Crippen molar-refractivity contribution in [1.29, 1.82) is 0 Å². The maximum atomic E-state index is 13.1. The van der Waals surface area contributed by atoms with E-state index in [1.165, 1.54) is 340 Å². The number of nitrogens with one attached hydrogen (secondary N) is 1. The van der Waals surface area contributed by atoms with Gasteiger partial charge in [-0.15, -0.1) is 0 Å². The van der Waals surface area contributed by atoms with Crippen molar-refractivity contribution in [2.24, 2.45) is 0 Å².